The standard InChI is InChI=1S/C26H31N5O3S3/c1-4-5-14-37(33)18-36-24-22(16-27)21(15-23(30-24)25-28-11-13-35-25)20-8-6-19(7-9-20)17-34-26(32)29-10-12-31(2)3/h6-9,11,13,15H,4-5,10,12,14,17-18H2,1-3H3,(H,29,32). The fourth-order valence-corrected chi connectivity index (χ4v) is 6.38. The van der Waals surface area contributed by atoms with E-state index in [1.165, 1.54) is 23.1 Å². The Bertz CT molecular complexity index is 1180. The van der Waals surface area contributed by atoms with Gasteiger partial charge in [0.05, 0.1) is 5.56 Å². The zero-order valence-electron chi connectivity index (χ0n) is 21.2. The quantitative estimate of drug-likeness (QED) is 0.227. The highest BCUT2D eigenvalue weighted by Crippen LogP contribution is 2.35. The number of unbranched alkanes of at least 4 members (excludes halogenated alkanes) is 1. The second kappa shape index (κ2) is 15.0. The van der Waals surface area contributed by atoms with E-state index in [2.05, 4.69) is 23.3 Å². The molecule has 3 rings (SSSR count). The van der Waals surface area contributed by atoms with Crippen LogP contribution < -0.4 is 5.32 Å². The number of hydrogen-bond acceptors (Lipinski definition) is 9. The van der Waals surface area contributed by atoms with Crippen molar-refractivity contribution in [2.75, 3.05) is 38.0 Å². The summed E-state index contributed by atoms with van der Waals surface area (Å²) < 4.78 is 17.7. The number of likely N-dealkylation sites (N-methyl/N-ethyl adjacent to an activating group) is 1. The van der Waals surface area contributed by atoms with Gasteiger partial charge in [-0.05, 0) is 48.9 Å². The highest BCUT2D eigenvalue weighted by atomic mass is 32.3. The van der Waals surface area contributed by atoms with Gasteiger partial charge in [0.1, 0.15) is 34.2 Å². The van der Waals surface area contributed by atoms with Crippen LogP contribution in [0.4, 0.5) is 4.79 Å². The monoisotopic (exact) mass is 557 g/mol. The van der Waals surface area contributed by atoms with Crippen LogP contribution in [0, 0.1) is 11.3 Å². The molecule has 1 aromatic carbocycles. The molecule has 0 radical (unpaired) electrons. The summed E-state index contributed by atoms with van der Waals surface area (Å²) in [4.78, 5) is 23.0. The van der Waals surface area contributed by atoms with Crippen LogP contribution >= 0.6 is 23.1 Å². The van der Waals surface area contributed by atoms with Crippen LogP contribution in [0.15, 0.2) is 46.9 Å². The number of nitriles is 1. The minimum Gasteiger partial charge on any atom is -0.616 e. The Morgan fingerprint density at radius 2 is 2.11 bits per heavy atom. The Hall–Kier alpha value is -2.62. The third-order valence-electron chi connectivity index (χ3n) is 5.27. The van der Waals surface area contributed by atoms with Crippen LogP contribution in [-0.2, 0) is 22.5 Å². The number of rotatable bonds is 13. The first-order valence-electron chi connectivity index (χ1n) is 11.9. The Morgan fingerprint density at radius 1 is 1.32 bits per heavy atom. The molecular weight excluding hydrogens is 527 g/mol. The summed E-state index contributed by atoms with van der Waals surface area (Å²) >= 11 is 1.83. The van der Waals surface area contributed by atoms with Gasteiger partial charge in [0.2, 0.25) is 0 Å². The van der Waals surface area contributed by atoms with Crippen LogP contribution in [0.5, 0.6) is 0 Å². The van der Waals surface area contributed by atoms with Crippen molar-refractivity contribution in [3.63, 3.8) is 0 Å². The minimum absolute atomic E-state index is 0.143. The largest absolute Gasteiger partial charge is 0.616 e. The molecule has 1 atom stereocenters. The zero-order chi connectivity index (χ0) is 26.6. The number of carbonyl (C=O) groups excluding carboxylic acids is 1. The summed E-state index contributed by atoms with van der Waals surface area (Å²) in [6, 6.07) is 11.7. The molecule has 0 spiro atoms. The molecule has 0 fully saturated rings. The zero-order valence-corrected chi connectivity index (χ0v) is 23.7. The van der Waals surface area contributed by atoms with Gasteiger partial charge in [-0.15, -0.1) is 11.3 Å². The van der Waals surface area contributed by atoms with E-state index in [1.54, 1.807) is 6.20 Å². The molecule has 1 N–H and O–H groups in total. The molecule has 0 saturated heterocycles. The number of thiazole rings is 1. The van der Waals surface area contributed by atoms with E-state index >= 15 is 0 Å². The molecule has 3 aromatic rings. The number of alkyl carbamates (subject to hydrolysis) is 1. The SMILES string of the molecule is CCCC[S+]([O-])CSc1nc(-c2nccs2)cc(-c2ccc(COC(=O)NCCN(C)C)cc2)c1C#N. The molecule has 11 heteroatoms. The molecule has 2 heterocycles. The molecule has 37 heavy (non-hydrogen) atoms. The highest BCUT2D eigenvalue weighted by molar-refractivity contribution is 8.12. The Labute approximate surface area is 229 Å². The third-order valence-corrected chi connectivity index (χ3v) is 8.90. The molecule has 2 aromatic heterocycles. The van der Waals surface area contributed by atoms with Crippen LogP contribution in [0.3, 0.4) is 0 Å². The molecule has 1 amide bonds. The second-order valence-electron chi connectivity index (χ2n) is 8.45. The summed E-state index contributed by atoms with van der Waals surface area (Å²) in [6.45, 7) is 3.46. The van der Waals surface area contributed by atoms with Crippen molar-refractivity contribution in [3.05, 3.63) is 53.0 Å². The molecule has 1 unspecified atom stereocenters. The predicted octanol–water partition coefficient (Wildman–Crippen LogP) is 5.13. The fraction of sp³-hybridized carbons (Fsp3) is 0.385. The molecule has 0 saturated carbocycles. The van der Waals surface area contributed by atoms with Crippen molar-refractivity contribution in [1.29, 1.82) is 5.26 Å². The van der Waals surface area contributed by atoms with Crippen molar-refractivity contribution in [2.45, 2.75) is 31.4 Å². The summed E-state index contributed by atoms with van der Waals surface area (Å²) in [5, 5.41) is 16.3. The molecule has 196 valence electrons. The van der Waals surface area contributed by atoms with Crippen molar-refractivity contribution in [3.8, 4) is 27.9 Å². The van der Waals surface area contributed by atoms with E-state index in [-0.39, 0.29) is 6.61 Å². The first-order chi connectivity index (χ1) is 17.9. The summed E-state index contributed by atoms with van der Waals surface area (Å²) in [5.41, 5.74) is 3.53. The first-order valence-corrected chi connectivity index (χ1v) is 15.2. The van der Waals surface area contributed by atoms with E-state index in [4.69, 9.17) is 9.72 Å². The second-order valence-corrected chi connectivity index (χ2v) is 12.2. The fourth-order valence-electron chi connectivity index (χ4n) is 3.27. The van der Waals surface area contributed by atoms with Crippen molar-refractivity contribution in [2.24, 2.45) is 0 Å². The molecule has 0 aliphatic rings. The number of aromatic nitrogens is 2. The van der Waals surface area contributed by atoms with Crippen molar-refractivity contribution < 1.29 is 14.1 Å². The lowest BCUT2D eigenvalue weighted by molar-refractivity contribution is 0.139. The van der Waals surface area contributed by atoms with E-state index in [0.29, 0.717) is 33.7 Å². The van der Waals surface area contributed by atoms with Gasteiger partial charge in [0.15, 0.2) is 5.08 Å². The highest BCUT2D eigenvalue weighted by Gasteiger charge is 2.19. The maximum atomic E-state index is 12.4. The lowest BCUT2D eigenvalue weighted by Crippen LogP contribution is -2.31. The number of pyridine rings is 1. The summed E-state index contributed by atoms with van der Waals surface area (Å²) in [7, 11) is 3.87. The van der Waals surface area contributed by atoms with Gasteiger partial charge in [0.25, 0.3) is 0 Å². The van der Waals surface area contributed by atoms with Gasteiger partial charge in [-0.3, -0.25) is 0 Å². The van der Waals surface area contributed by atoms with Gasteiger partial charge in [0, 0.05) is 30.2 Å². The smallest absolute Gasteiger partial charge is 0.407 e. The molecule has 8 nitrogen and oxygen atoms in total. The average molecular weight is 558 g/mol. The molecular formula is C26H31N5O3S3. The number of hydrogen-bond donors (Lipinski definition) is 1. The van der Waals surface area contributed by atoms with Gasteiger partial charge < -0.3 is 19.5 Å². The number of ether oxygens (including phenoxy) is 1. The minimum atomic E-state index is -0.988. The molecule has 0 bridgehead atoms. The van der Waals surface area contributed by atoms with Crippen molar-refractivity contribution >= 4 is 40.4 Å². The van der Waals surface area contributed by atoms with E-state index in [1.807, 2.05) is 54.7 Å². The number of thioether (sulfide) groups is 1. The topological polar surface area (TPSA) is 114 Å². The third kappa shape index (κ3) is 9.02. The van der Waals surface area contributed by atoms with Gasteiger partial charge in [-0.2, -0.15) is 5.26 Å². The number of benzene rings is 1. The summed E-state index contributed by atoms with van der Waals surface area (Å²) in [5.74, 6) is 0.640. The normalized spacial score (nSPS) is 11.8. The van der Waals surface area contributed by atoms with Crippen LogP contribution in [0.1, 0.15) is 30.9 Å². The summed E-state index contributed by atoms with van der Waals surface area (Å²) in [6.07, 6.45) is 3.16. The Kier molecular flexibility index (Phi) is 11.7. The van der Waals surface area contributed by atoms with Crippen molar-refractivity contribution in [1.82, 2.24) is 20.2 Å². The maximum absolute atomic E-state index is 12.4. The van der Waals surface area contributed by atoms with Crippen LogP contribution in [0.25, 0.3) is 21.8 Å². The molecule has 0 aliphatic carbocycles. The first kappa shape index (κ1) is 28.9. The Morgan fingerprint density at radius 3 is 2.76 bits per heavy atom. The number of nitrogens with one attached hydrogen (secondary N) is 1. The van der Waals surface area contributed by atoms with E-state index < -0.39 is 17.3 Å². The Balaban J connectivity index is 1.80. The van der Waals surface area contributed by atoms with E-state index in [9.17, 15) is 14.6 Å². The predicted molar refractivity (Wildman–Crippen MR) is 151 cm³/mol. The van der Waals surface area contributed by atoms with Crippen LogP contribution in [-0.4, -0.2) is 63.5 Å². The van der Waals surface area contributed by atoms with Crippen LogP contribution in [0.2, 0.25) is 0 Å². The number of amides is 1. The lowest BCUT2D eigenvalue weighted by atomic mass is 10.00. The van der Waals surface area contributed by atoms with Gasteiger partial charge in [-0.25, -0.2) is 14.8 Å². The van der Waals surface area contributed by atoms with E-state index in [0.717, 1.165) is 41.1 Å². The lowest BCUT2D eigenvalue weighted by Gasteiger charge is -2.14. The average Bonchev–Trinajstić information content (AvgIpc) is 3.44. The number of nitrogens with zero attached hydrogens (tertiary/aromatic N) is 4. The number of carbonyl (C=O) groups is 1. The maximum Gasteiger partial charge on any atom is 0.407 e. The molecule has 0 aliphatic heterocycles. The van der Waals surface area contributed by atoms with Gasteiger partial charge >= 0.3 is 6.09 Å². The van der Waals surface area contributed by atoms with Gasteiger partial charge in [-0.1, -0.05) is 49.4 Å².